The third kappa shape index (κ3) is 2.12. The topological polar surface area (TPSA) is 89.8 Å². The number of imidazole rings is 1. The van der Waals surface area contributed by atoms with Crippen LogP contribution < -0.4 is 16.3 Å². The SMILES string of the molecule is CCC1(C(=O)Nc2ccc3[nH]c(=O)[nH]c3c2)CCCN1. The molecule has 4 N–H and O–H groups in total. The summed E-state index contributed by atoms with van der Waals surface area (Å²) in [6, 6.07) is 5.34. The summed E-state index contributed by atoms with van der Waals surface area (Å²) in [5.74, 6) is -0.00488. The van der Waals surface area contributed by atoms with Gasteiger partial charge in [-0.2, -0.15) is 0 Å². The molecule has 0 saturated carbocycles. The summed E-state index contributed by atoms with van der Waals surface area (Å²) in [6.45, 7) is 2.90. The van der Waals surface area contributed by atoms with Crippen molar-refractivity contribution in [3.63, 3.8) is 0 Å². The Labute approximate surface area is 116 Å². The summed E-state index contributed by atoms with van der Waals surface area (Å²) in [7, 11) is 0. The molecule has 0 bridgehead atoms. The van der Waals surface area contributed by atoms with Crippen LogP contribution in [0.5, 0.6) is 0 Å². The number of hydrogen-bond acceptors (Lipinski definition) is 3. The van der Waals surface area contributed by atoms with Crippen molar-refractivity contribution in [2.24, 2.45) is 0 Å². The van der Waals surface area contributed by atoms with Gasteiger partial charge in [0.05, 0.1) is 16.6 Å². The van der Waals surface area contributed by atoms with Crippen LogP contribution in [0.15, 0.2) is 23.0 Å². The maximum atomic E-state index is 12.5. The maximum Gasteiger partial charge on any atom is 0.323 e. The molecule has 1 amide bonds. The summed E-state index contributed by atoms with van der Waals surface area (Å²) < 4.78 is 0. The minimum atomic E-state index is -0.458. The van der Waals surface area contributed by atoms with Crippen molar-refractivity contribution in [2.75, 3.05) is 11.9 Å². The Morgan fingerprint density at radius 1 is 1.35 bits per heavy atom. The van der Waals surface area contributed by atoms with Crippen LogP contribution in [0.1, 0.15) is 26.2 Å². The van der Waals surface area contributed by atoms with E-state index in [1.54, 1.807) is 18.2 Å². The van der Waals surface area contributed by atoms with Crippen molar-refractivity contribution in [2.45, 2.75) is 31.7 Å². The lowest BCUT2D eigenvalue weighted by Gasteiger charge is -2.26. The first kappa shape index (κ1) is 12.9. The molecule has 1 aromatic carbocycles. The second kappa shape index (κ2) is 4.79. The first-order valence-corrected chi connectivity index (χ1v) is 6.91. The summed E-state index contributed by atoms with van der Waals surface area (Å²) in [6.07, 6.45) is 2.64. The first-order chi connectivity index (χ1) is 9.63. The molecule has 0 radical (unpaired) electrons. The fourth-order valence-corrected chi connectivity index (χ4v) is 2.82. The zero-order valence-corrected chi connectivity index (χ0v) is 11.4. The third-order valence-electron chi connectivity index (χ3n) is 4.06. The van der Waals surface area contributed by atoms with Crippen LogP contribution >= 0.6 is 0 Å². The van der Waals surface area contributed by atoms with Gasteiger partial charge in [-0.05, 0) is 44.0 Å². The van der Waals surface area contributed by atoms with Crippen LogP contribution in [0.25, 0.3) is 11.0 Å². The van der Waals surface area contributed by atoms with E-state index in [2.05, 4.69) is 20.6 Å². The van der Waals surface area contributed by atoms with E-state index in [-0.39, 0.29) is 11.6 Å². The highest BCUT2D eigenvalue weighted by atomic mass is 16.2. The number of carbonyl (C=O) groups is 1. The highest BCUT2D eigenvalue weighted by Crippen LogP contribution is 2.25. The Morgan fingerprint density at radius 3 is 2.85 bits per heavy atom. The average molecular weight is 274 g/mol. The van der Waals surface area contributed by atoms with Gasteiger partial charge in [0.15, 0.2) is 0 Å². The number of nitrogens with one attached hydrogen (secondary N) is 4. The zero-order chi connectivity index (χ0) is 14.2. The van der Waals surface area contributed by atoms with Crippen molar-refractivity contribution in [3.05, 3.63) is 28.7 Å². The Morgan fingerprint density at radius 2 is 2.15 bits per heavy atom. The third-order valence-corrected chi connectivity index (χ3v) is 4.06. The van der Waals surface area contributed by atoms with Gasteiger partial charge < -0.3 is 20.6 Å². The van der Waals surface area contributed by atoms with Crippen molar-refractivity contribution >= 4 is 22.6 Å². The molecular weight excluding hydrogens is 256 g/mol. The molecule has 0 aliphatic carbocycles. The monoisotopic (exact) mass is 274 g/mol. The molecule has 1 atom stereocenters. The van der Waals surface area contributed by atoms with Crippen molar-refractivity contribution in [3.8, 4) is 0 Å². The molecule has 1 unspecified atom stereocenters. The van der Waals surface area contributed by atoms with E-state index in [0.717, 1.165) is 31.3 Å². The molecule has 1 aromatic heterocycles. The van der Waals surface area contributed by atoms with Crippen LogP contribution in [0.2, 0.25) is 0 Å². The fraction of sp³-hybridized carbons (Fsp3) is 0.429. The Balaban J connectivity index is 1.85. The summed E-state index contributed by atoms with van der Waals surface area (Å²) >= 11 is 0. The molecular formula is C14H18N4O2. The molecule has 6 nitrogen and oxygen atoms in total. The van der Waals surface area contributed by atoms with Gasteiger partial charge in [0.2, 0.25) is 5.91 Å². The van der Waals surface area contributed by atoms with Crippen LogP contribution in [-0.2, 0) is 4.79 Å². The van der Waals surface area contributed by atoms with E-state index in [9.17, 15) is 9.59 Å². The fourth-order valence-electron chi connectivity index (χ4n) is 2.82. The summed E-state index contributed by atoms with van der Waals surface area (Å²) in [5, 5.41) is 6.24. The normalized spacial score (nSPS) is 22.2. The van der Waals surface area contributed by atoms with Crippen LogP contribution in [0, 0.1) is 0 Å². The van der Waals surface area contributed by atoms with Gasteiger partial charge in [0, 0.05) is 5.69 Å². The molecule has 1 saturated heterocycles. The molecule has 1 aliphatic heterocycles. The zero-order valence-electron chi connectivity index (χ0n) is 11.4. The number of amides is 1. The number of fused-ring (bicyclic) bond motifs is 1. The van der Waals surface area contributed by atoms with Crippen molar-refractivity contribution in [1.29, 1.82) is 0 Å². The predicted molar refractivity (Wildman–Crippen MR) is 77.8 cm³/mol. The summed E-state index contributed by atoms with van der Waals surface area (Å²) in [4.78, 5) is 29.0. The predicted octanol–water partition coefficient (Wildman–Crippen LogP) is 1.33. The Hall–Kier alpha value is -2.08. The standard InChI is InChI=1S/C14H18N4O2/c1-2-14(6-3-7-15-14)12(19)16-9-4-5-10-11(8-9)18-13(20)17-10/h4-5,8,15H,2-3,6-7H2,1H3,(H,16,19)(H2,17,18,20). The number of anilines is 1. The molecule has 1 fully saturated rings. The number of rotatable bonds is 3. The second-order valence-electron chi connectivity index (χ2n) is 5.26. The van der Waals surface area contributed by atoms with E-state index in [0.29, 0.717) is 11.2 Å². The highest BCUT2D eigenvalue weighted by molar-refractivity contribution is 5.99. The van der Waals surface area contributed by atoms with E-state index in [4.69, 9.17) is 0 Å². The van der Waals surface area contributed by atoms with Gasteiger partial charge in [0.1, 0.15) is 0 Å². The largest absolute Gasteiger partial charge is 0.324 e. The summed E-state index contributed by atoms with van der Waals surface area (Å²) in [5.41, 5.74) is 1.42. The van der Waals surface area contributed by atoms with Crippen LogP contribution in [0.3, 0.4) is 0 Å². The number of H-pyrrole nitrogens is 2. The van der Waals surface area contributed by atoms with Gasteiger partial charge in [-0.25, -0.2) is 4.79 Å². The maximum absolute atomic E-state index is 12.5. The molecule has 2 heterocycles. The van der Waals surface area contributed by atoms with E-state index in [1.807, 2.05) is 6.92 Å². The molecule has 1 aliphatic rings. The molecule has 106 valence electrons. The van der Waals surface area contributed by atoms with Crippen LogP contribution in [-0.4, -0.2) is 28.0 Å². The minimum Gasteiger partial charge on any atom is -0.324 e. The molecule has 3 rings (SSSR count). The number of benzene rings is 1. The van der Waals surface area contributed by atoms with Gasteiger partial charge >= 0.3 is 5.69 Å². The molecule has 20 heavy (non-hydrogen) atoms. The molecule has 6 heteroatoms. The van der Waals surface area contributed by atoms with Crippen molar-refractivity contribution in [1.82, 2.24) is 15.3 Å². The number of carbonyl (C=O) groups excluding carboxylic acids is 1. The highest BCUT2D eigenvalue weighted by Gasteiger charge is 2.39. The quantitative estimate of drug-likeness (QED) is 0.680. The first-order valence-electron chi connectivity index (χ1n) is 6.91. The van der Waals surface area contributed by atoms with Gasteiger partial charge in [-0.15, -0.1) is 0 Å². The second-order valence-corrected chi connectivity index (χ2v) is 5.26. The lowest BCUT2D eigenvalue weighted by Crippen LogP contribution is -2.50. The molecule has 2 aromatic rings. The number of hydrogen-bond donors (Lipinski definition) is 4. The number of aromatic nitrogens is 2. The van der Waals surface area contributed by atoms with E-state index in [1.165, 1.54) is 0 Å². The smallest absolute Gasteiger partial charge is 0.323 e. The lowest BCUT2D eigenvalue weighted by molar-refractivity contribution is -0.122. The minimum absolute atomic E-state index is 0.00488. The Kier molecular flexibility index (Phi) is 3.10. The van der Waals surface area contributed by atoms with E-state index >= 15 is 0 Å². The van der Waals surface area contributed by atoms with Gasteiger partial charge in [0.25, 0.3) is 0 Å². The average Bonchev–Trinajstić information content (AvgIpc) is 3.04. The van der Waals surface area contributed by atoms with Gasteiger partial charge in [-0.3, -0.25) is 4.79 Å². The van der Waals surface area contributed by atoms with Gasteiger partial charge in [-0.1, -0.05) is 6.92 Å². The van der Waals surface area contributed by atoms with Crippen LogP contribution in [0.4, 0.5) is 5.69 Å². The molecule has 0 spiro atoms. The Bertz CT molecular complexity index is 695. The lowest BCUT2D eigenvalue weighted by atomic mass is 9.93. The van der Waals surface area contributed by atoms with E-state index < -0.39 is 5.54 Å². The van der Waals surface area contributed by atoms with Crippen molar-refractivity contribution < 1.29 is 4.79 Å². The number of aromatic amines is 2.